The number of nitrogens with zero attached hydrogens (tertiary/aromatic N) is 3. The fraction of sp³-hybridized carbons (Fsp3) is 0.0588. The number of anilines is 1. The average Bonchev–Trinajstić information content (AvgIpc) is 3.30. The molecule has 2 N–H and O–H groups in total. The number of hydrogen-bond acceptors (Lipinski definition) is 4. The molecule has 28 heavy (non-hydrogen) atoms. The van der Waals surface area contributed by atoms with Gasteiger partial charge in [-0.15, -0.1) is 0 Å². The third-order valence-corrected chi connectivity index (χ3v) is 5.43. The first-order chi connectivity index (χ1) is 13.3. The highest BCUT2D eigenvalue weighted by Gasteiger charge is 2.32. The lowest BCUT2D eigenvalue weighted by atomic mass is 10.1. The van der Waals surface area contributed by atoms with Crippen LogP contribution in [-0.4, -0.2) is 28.2 Å². The zero-order valence-corrected chi connectivity index (χ0v) is 14.8. The number of aromatic nitrogens is 4. The van der Waals surface area contributed by atoms with Gasteiger partial charge in [-0.3, -0.25) is 4.72 Å². The molecule has 0 radical (unpaired) electrons. The van der Waals surface area contributed by atoms with E-state index in [9.17, 15) is 21.6 Å². The molecule has 0 fully saturated rings. The van der Waals surface area contributed by atoms with Crippen molar-refractivity contribution in [2.45, 2.75) is 11.1 Å². The SMILES string of the molecule is O=S(=O)(Nc1cc(C(F)(F)F)ccc1-n1cccn1)c1c[nH]c2ncccc12. The van der Waals surface area contributed by atoms with Gasteiger partial charge in [0, 0.05) is 30.2 Å². The number of rotatable bonds is 4. The zero-order valence-electron chi connectivity index (χ0n) is 14.0. The summed E-state index contributed by atoms with van der Waals surface area (Å²) in [5, 5.41) is 4.29. The number of pyridine rings is 1. The topological polar surface area (TPSA) is 92.7 Å². The fourth-order valence-electron chi connectivity index (χ4n) is 2.76. The predicted octanol–water partition coefficient (Wildman–Crippen LogP) is 3.57. The molecule has 7 nitrogen and oxygen atoms in total. The molecule has 0 aliphatic heterocycles. The number of hydrogen-bond donors (Lipinski definition) is 2. The van der Waals surface area contributed by atoms with E-state index in [0.29, 0.717) is 11.0 Å². The molecular formula is C17H12F3N5O2S. The molecule has 0 saturated heterocycles. The molecule has 144 valence electrons. The van der Waals surface area contributed by atoms with E-state index in [1.807, 2.05) is 0 Å². The van der Waals surface area contributed by atoms with Gasteiger partial charge in [0.2, 0.25) is 0 Å². The van der Waals surface area contributed by atoms with Crippen LogP contribution >= 0.6 is 0 Å². The minimum Gasteiger partial charge on any atom is -0.345 e. The van der Waals surface area contributed by atoms with Crippen molar-refractivity contribution < 1.29 is 21.6 Å². The number of fused-ring (bicyclic) bond motifs is 1. The van der Waals surface area contributed by atoms with Crippen LogP contribution in [0.2, 0.25) is 0 Å². The highest BCUT2D eigenvalue weighted by Crippen LogP contribution is 2.34. The van der Waals surface area contributed by atoms with Gasteiger partial charge in [0.1, 0.15) is 10.5 Å². The van der Waals surface area contributed by atoms with Crippen LogP contribution in [0.5, 0.6) is 0 Å². The van der Waals surface area contributed by atoms with E-state index < -0.39 is 21.8 Å². The van der Waals surface area contributed by atoms with Crippen LogP contribution in [0.15, 0.2) is 66.1 Å². The molecule has 0 amide bonds. The lowest BCUT2D eigenvalue weighted by Crippen LogP contribution is -2.16. The van der Waals surface area contributed by atoms with Gasteiger partial charge in [-0.2, -0.15) is 18.3 Å². The predicted molar refractivity (Wildman–Crippen MR) is 95.5 cm³/mol. The van der Waals surface area contributed by atoms with E-state index >= 15 is 0 Å². The Labute approximate surface area is 156 Å². The minimum atomic E-state index is -4.63. The molecule has 0 saturated carbocycles. The smallest absolute Gasteiger partial charge is 0.345 e. The van der Waals surface area contributed by atoms with Crippen molar-refractivity contribution in [3.05, 3.63) is 66.7 Å². The molecule has 0 aliphatic carbocycles. The van der Waals surface area contributed by atoms with Gasteiger partial charge in [-0.25, -0.2) is 18.1 Å². The molecule has 0 spiro atoms. The summed E-state index contributed by atoms with van der Waals surface area (Å²) in [7, 11) is -4.20. The summed E-state index contributed by atoms with van der Waals surface area (Å²) in [6, 6.07) is 7.44. The first-order valence-corrected chi connectivity index (χ1v) is 9.40. The second-order valence-electron chi connectivity index (χ2n) is 5.84. The van der Waals surface area contributed by atoms with Crippen LogP contribution in [0.3, 0.4) is 0 Å². The third kappa shape index (κ3) is 3.20. The molecule has 0 atom stereocenters. The lowest BCUT2D eigenvalue weighted by Gasteiger charge is -2.15. The Kier molecular flexibility index (Phi) is 4.11. The Morgan fingerprint density at radius 1 is 1.11 bits per heavy atom. The van der Waals surface area contributed by atoms with Crippen molar-refractivity contribution in [1.82, 2.24) is 19.7 Å². The summed E-state index contributed by atoms with van der Waals surface area (Å²) in [6.07, 6.45) is 1.03. The maximum Gasteiger partial charge on any atom is 0.416 e. The number of sulfonamides is 1. The van der Waals surface area contributed by atoms with Crippen LogP contribution in [0.4, 0.5) is 18.9 Å². The van der Waals surface area contributed by atoms with Crippen molar-refractivity contribution in [2.75, 3.05) is 4.72 Å². The zero-order chi connectivity index (χ0) is 19.9. The third-order valence-electron chi connectivity index (χ3n) is 4.02. The van der Waals surface area contributed by atoms with Gasteiger partial charge in [-0.1, -0.05) is 0 Å². The second-order valence-corrected chi connectivity index (χ2v) is 7.49. The van der Waals surface area contributed by atoms with Gasteiger partial charge in [-0.05, 0) is 36.4 Å². The number of nitrogens with one attached hydrogen (secondary N) is 2. The van der Waals surface area contributed by atoms with Gasteiger partial charge in [0.25, 0.3) is 10.0 Å². The molecule has 4 rings (SSSR count). The molecular weight excluding hydrogens is 395 g/mol. The average molecular weight is 407 g/mol. The monoisotopic (exact) mass is 407 g/mol. The fourth-order valence-corrected chi connectivity index (χ4v) is 3.99. The van der Waals surface area contributed by atoms with Crippen molar-refractivity contribution in [2.24, 2.45) is 0 Å². The van der Waals surface area contributed by atoms with Crippen molar-refractivity contribution in [3.8, 4) is 5.69 Å². The van der Waals surface area contributed by atoms with E-state index in [-0.39, 0.29) is 16.3 Å². The number of halogens is 3. The lowest BCUT2D eigenvalue weighted by molar-refractivity contribution is -0.137. The molecule has 3 aromatic heterocycles. The highest BCUT2D eigenvalue weighted by molar-refractivity contribution is 7.93. The van der Waals surface area contributed by atoms with Gasteiger partial charge in [0.05, 0.1) is 16.9 Å². The summed E-state index contributed by atoms with van der Waals surface area (Å²) in [5.41, 5.74) is -0.739. The molecule has 3 heterocycles. The molecule has 4 aromatic rings. The molecule has 11 heteroatoms. The summed E-state index contributed by atoms with van der Waals surface area (Å²) in [5.74, 6) is 0. The maximum atomic E-state index is 13.1. The van der Waals surface area contributed by atoms with Gasteiger partial charge in [0.15, 0.2) is 0 Å². The maximum absolute atomic E-state index is 13.1. The van der Waals surface area contributed by atoms with Crippen LogP contribution < -0.4 is 4.72 Å². The first kappa shape index (κ1) is 18.0. The van der Waals surface area contributed by atoms with Crippen molar-refractivity contribution >= 4 is 26.7 Å². The second kappa shape index (κ2) is 6.37. The molecule has 1 aromatic carbocycles. The van der Waals surface area contributed by atoms with Gasteiger partial charge >= 0.3 is 6.18 Å². The van der Waals surface area contributed by atoms with E-state index in [1.54, 1.807) is 18.2 Å². The van der Waals surface area contributed by atoms with E-state index in [4.69, 9.17) is 0 Å². The molecule has 0 aliphatic rings. The summed E-state index contributed by atoms with van der Waals surface area (Å²) in [6.45, 7) is 0. The Balaban J connectivity index is 1.83. The summed E-state index contributed by atoms with van der Waals surface area (Å²) in [4.78, 5) is 6.62. The quantitative estimate of drug-likeness (QED) is 0.541. The van der Waals surface area contributed by atoms with E-state index in [1.165, 1.54) is 29.5 Å². The first-order valence-electron chi connectivity index (χ1n) is 7.92. The number of H-pyrrole nitrogens is 1. The Morgan fingerprint density at radius 2 is 1.93 bits per heavy atom. The Morgan fingerprint density at radius 3 is 2.64 bits per heavy atom. The number of alkyl halides is 3. The number of benzene rings is 1. The number of aromatic amines is 1. The normalized spacial score (nSPS) is 12.4. The standard InChI is InChI=1S/C17H12F3N5O2S/c18-17(19,20)11-4-5-14(25-8-2-7-23-25)13(9-11)24-28(26,27)15-10-22-16-12(15)3-1-6-21-16/h1-10,24H,(H,21,22). The highest BCUT2D eigenvalue weighted by atomic mass is 32.2. The molecule has 0 unspecified atom stereocenters. The Hall–Kier alpha value is -3.34. The van der Waals surface area contributed by atoms with E-state index in [2.05, 4.69) is 19.8 Å². The van der Waals surface area contributed by atoms with Crippen LogP contribution in [0.1, 0.15) is 5.56 Å². The van der Waals surface area contributed by atoms with Crippen LogP contribution in [0.25, 0.3) is 16.7 Å². The van der Waals surface area contributed by atoms with Crippen LogP contribution in [-0.2, 0) is 16.2 Å². The van der Waals surface area contributed by atoms with Crippen molar-refractivity contribution in [3.63, 3.8) is 0 Å². The summed E-state index contributed by atoms with van der Waals surface area (Å²) < 4.78 is 68.7. The largest absolute Gasteiger partial charge is 0.416 e. The molecule has 0 bridgehead atoms. The van der Waals surface area contributed by atoms with Gasteiger partial charge < -0.3 is 4.98 Å². The van der Waals surface area contributed by atoms with E-state index in [0.717, 1.165) is 18.2 Å². The van der Waals surface area contributed by atoms with Crippen molar-refractivity contribution in [1.29, 1.82) is 0 Å². The Bertz CT molecular complexity index is 1250. The summed E-state index contributed by atoms with van der Waals surface area (Å²) >= 11 is 0. The van der Waals surface area contributed by atoms with Crippen LogP contribution in [0, 0.1) is 0 Å². The minimum absolute atomic E-state index is 0.126.